The summed E-state index contributed by atoms with van der Waals surface area (Å²) < 4.78 is 74.0. The van der Waals surface area contributed by atoms with Gasteiger partial charge in [-0.15, -0.1) is 0 Å². The number of fused-ring (bicyclic) bond motifs is 1. The Bertz CT molecular complexity index is 1960. The number of hydrogen-bond donors (Lipinski definition) is 1. The first-order valence-electron chi connectivity index (χ1n) is 12.8. The SMILES string of the molecule is COc1cc2nccc(Oc3ccc(NC(=O)c4c(C)c(Br)cn(-c5ccc(F)cc5)c4=O)cc3C(F)(F)F)c2cc1OC. The molecule has 0 aliphatic rings. The number of hydrogen-bond acceptors (Lipinski definition) is 6. The molecular weight excluding hydrogens is 650 g/mol. The molecule has 3 aromatic carbocycles. The van der Waals surface area contributed by atoms with Crippen LogP contribution in [0.25, 0.3) is 16.6 Å². The monoisotopic (exact) mass is 671 g/mol. The van der Waals surface area contributed by atoms with Gasteiger partial charge < -0.3 is 19.5 Å². The van der Waals surface area contributed by atoms with Gasteiger partial charge in [-0.3, -0.25) is 19.1 Å². The van der Waals surface area contributed by atoms with E-state index in [4.69, 9.17) is 14.2 Å². The molecule has 13 heteroatoms. The zero-order valence-corrected chi connectivity index (χ0v) is 24.8. The highest BCUT2D eigenvalue weighted by molar-refractivity contribution is 9.10. The first kappa shape index (κ1) is 30.5. The number of aromatic nitrogens is 2. The Morgan fingerprint density at radius 1 is 0.932 bits per heavy atom. The molecule has 2 heterocycles. The van der Waals surface area contributed by atoms with Crippen molar-refractivity contribution in [3.8, 4) is 28.7 Å². The highest BCUT2D eigenvalue weighted by atomic mass is 79.9. The maximum Gasteiger partial charge on any atom is 0.420 e. The quantitative estimate of drug-likeness (QED) is 0.179. The van der Waals surface area contributed by atoms with Gasteiger partial charge in [-0.2, -0.15) is 13.2 Å². The number of ether oxygens (including phenoxy) is 3. The van der Waals surface area contributed by atoms with Crippen molar-refractivity contribution in [2.45, 2.75) is 13.1 Å². The van der Waals surface area contributed by atoms with Crippen LogP contribution in [0.15, 0.2) is 82.3 Å². The van der Waals surface area contributed by atoms with E-state index >= 15 is 0 Å². The molecule has 0 aliphatic heterocycles. The molecule has 0 bridgehead atoms. The summed E-state index contributed by atoms with van der Waals surface area (Å²) in [5.41, 5.74) is -1.52. The Balaban J connectivity index is 1.51. The van der Waals surface area contributed by atoms with Crippen molar-refractivity contribution in [1.29, 1.82) is 0 Å². The number of methoxy groups -OCH3 is 2. The second-order valence-corrected chi connectivity index (χ2v) is 10.3. The standard InChI is InChI=1S/C31H22BrF4N3O5/c1-16-22(32)15-39(19-7-4-17(33)5-8-19)30(41)28(16)29(40)38-18-6-9-25(21(12-18)31(34,35)36)44-24-10-11-37-23-14-27(43-3)26(42-2)13-20(23)24/h4-15H,1-3H3,(H,38,40). The van der Waals surface area contributed by atoms with E-state index in [-0.39, 0.29) is 28.3 Å². The summed E-state index contributed by atoms with van der Waals surface area (Å²) >= 11 is 3.31. The van der Waals surface area contributed by atoms with Crippen LogP contribution in [-0.4, -0.2) is 29.7 Å². The summed E-state index contributed by atoms with van der Waals surface area (Å²) in [6.07, 6.45) is -2.07. The van der Waals surface area contributed by atoms with Gasteiger partial charge in [0.05, 0.1) is 19.7 Å². The molecule has 8 nitrogen and oxygen atoms in total. The average molecular weight is 672 g/mol. The van der Waals surface area contributed by atoms with Gasteiger partial charge in [0, 0.05) is 39.7 Å². The van der Waals surface area contributed by atoms with Crippen molar-refractivity contribution in [3.05, 3.63) is 110 Å². The smallest absolute Gasteiger partial charge is 0.420 e. The Morgan fingerprint density at radius 2 is 1.61 bits per heavy atom. The summed E-state index contributed by atoms with van der Waals surface area (Å²) in [5, 5.41) is 2.76. The molecule has 0 spiro atoms. The van der Waals surface area contributed by atoms with Crippen LogP contribution in [-0.2, 0) is 6.18 Å². The molecule has 226 valence electrons. The van der Waals surface area contributed by atoms with Gasteiger partial charge in [0.25, 0.3) is 11.5 Å². The highest BCUT2D eigenvalue weighted by Gasteiger charge is 2.35. The molecule has 1 amide bonds. The van der Waals surface area contributed by atoms with E-state index in [1.165, 1.54) is 63.9 Å². The van der Waals surface area contributed by atoms with Gasteiger partial charge in [0.1, 0.15) is 28.4 Å². The fraction of sp³-hybridized carbons (Fsp3) is 0.129. The van der Waals surface area contributed by atoms with Crippen LogP contribution in [0.4, 0.5) is 23.2 Å². The molecule has 2 aromatic heterocycles. The maximum atomic E-state index is 14.2. The minimum Gasteiger partial charge on any atom is -0.493 e. The fourth-order valence-electron chi connectivity index (χ4n) is 4.50. The average Bonchev–Trinajstić information content (AvgIpc) is 2.99. The zero-order chi connectivity index (χ0) is 31.8. The van der Waals surface area contributed by atoms with Gasteiger partial charge >= 0.3 is 6.18 Å². The summed E-state index contributed by atoms with van der Waals surface area (Å²) in [7, 11) is 2.86. The molecule has 0 unspecified atom stereocenters. The fourth-order valence-corrected chi connectivity index (χ4v) is 4.90. The Kier molecular flexibility index (Phi) is 8.33. The van der Waals surface area contributed by atoms with E-state index in [0.29, 0.717) is 32.9 Å². The molecule has 0 atom stereocenters. The van der Waals surface area contributed by atoms with E-state index in [2.05, 4.69) is 26.2 Å². The van der Waals surface area contributed by atoms with Crippen LogP contribution in [0.5, 0.6) is 23.0 Å². The van der Waals surface area contributed by atoms with Crippen LogP contribution in [0, 0.1) is 12.7 Å². The lowest BCUT2D eigenvalue weighted by molar-refractivity contribution is -0.138. The molecule has 0 radical (unpaired) electrons. The van der Waals surface area contributed by atoms with Gasteiger partial charge in [0.2, 0.25) is 0 Å². The van der Waals surface area contributed by atoms with E-state index < -0.39 is 34.8 Å². The van der Waals surface area contributed by atoms with Crippen LogP contribution >= 0.6 is 15.9 Å². The van der Waals surface area contributed by atoms with E-state index in [1.54, 1.807) is 6.07 Å². The maximum absolute atomic E-state index is 14.2. The van der Waals surface area contributed by atoms with Crippen LogP contribution in [0.3, 0.4) is 0 Å². The first-order valence-corrected chi connectivity index (χ1v) is 13.6. The molecular formula is C31H22BrF4N3O5. The number of benzene rings is 3. The molecule has 0 aliphatic carbocycles. The van der Waals surface area contributed by atoms with Crippen LogP contribution in [0.2, 0.25) is 0 Å². The van der Waals surface area contributed by atoms with Crippen molar-refractivity contribution >= 4 is 38.4 Å². The third kappa shape index (κ3) is 5.95. The topological polar surface area (TPSA) is 91.7 Å². The summed E-state index contributed by atoms with van der Waals surface area (Å²) in [6, 6.07) is 12.5. The number of rotatable bonds is 7. The predicted molar refractivity (Wildman–Crippen MR) is 159 cm³/mol. The lowest BCUT2D eigenvalue weighted by Crippen LogP contribution is -2.30. The van der Waals surface area contributed by atoms with Crippen molar-refractivity contribution in [1.82, 2.24) is 9.55 Å². The number of anilines is 1. The van der Waals surface area contributed by atoms with Crippen LogP contribution < -0.4 is 25.1 Å². The lowest BCUT2D eigenvalue weighted by Gasteiger charge is -2.17. The summed E-state index contributed by atoms with van der Waals surface area (Å²) in [4.78, 5) is 30.8. The molecule has 0 saturated carbocycles. The van der Waals surface area contributed by atoms with E-state index in [1.807, 2.05) is 0 Å². The largest absolute Gasteiger partial charge is 0.493 e. The molecule has 0 fully saturated rings. The molecule has 5 rings (SSSR count). The van der Waals surface area contributed by atoms with E-state index in [9.17, 15) is 27.2 Å². The normalized spacial score (nSPS) is 11.4. The van der Waals surface area contributed by atoms with Crippen molar-refractivity contribution in [2.24, 2.45) is 0 Å². The minimum atomic E-state index is -4.87. The second-order valence-electron chi connectivity index (χ2n) is 9.43. The first-order chi connectivity index (χ1) is 20.9. The Morgan fingerprint density at radius 3 is 2.27 bits per heavy atom. The molecule has 0 saturated heterocycles. The number of alkyl halides is 3. The third-order valence-electron chi connectivity index (χ3n) is 6.71. The van der Waals surface area contributed by atoms with Gasteiger partial charge in [-0.05, 0) is 83.0 Å². The van der Waals surface area contributed by atoms with Crippen LogP contribution in [0.1, 0.15) is 21.5 Å². The van der Waals surface area contributed by atoms with Crippen molar-refractivity contribution < 1.29 is 36.6 Å². The minimum absolute atomic E-state index is 0.0735. The number of carbonyl (C=O) groups is 1. The van der Waals surface area contributed by atoms with Gasteiger partial charge in [-0.25, -0.2) is 4.39 Å². The lowest BCUT2D eigenvalue weighted by atomic mass is 10.1. The Hall–Kier alpha value is -4.91. The summed E-state index contributed by atoms with van der Waals surface area (Å²) in [5.74, 6) is -1.21. The number of pyridine rings is 2. The van der Waals surface area contributed by atoms with E-state index in [0.717, 1.165) is 22.8 Å². The number of nitrogens with one attached hydrogen (secondary N) is 1. The molecule has 1 N–H and O–H groups in total. The number of amides is 1. The van der Waals surface area contributed by atoms with Gasteiger partial charge in [-0.1, -0.05) is 0 Å². The number of nitrogens with zero attached hydrogens (tertiary/aromatic N) is 2. The van der Waals surface area contributed by atoms with Crippen molar-refractivity contribution in [2.75, 3.05) is 19.5 Å². The Labute approximate surface area is 256 Å². The zero-order valence-electron chi connectivity index (χ0n) is 23.3. The molecule has 5 aromatic rings. The van der Waals surface area contributed by atoms with Crippen molar-refractivity contribution in [3.63, 3.8) is 0 Å². The third-order valence-corrected chi connectivity index (χ3v) is 7.51. The number of carbonyl (C=O) groups excluding carboxylic acids is 1. The molecule has 44 heavy (non-hydrogen) atoms. The number of halogens is 5. The summed E-state index contributed by atoms with van der Waals surface area (Å²) in [6.45, 7) is 1.51. The van der Waals surface area contributed by atoms with Gasteiger partial charge in [0.15, 0.2) is 11.5 Å². The second kappa shape index (κ2) is 12.0. The highest BCUT2D eigenvalue weighted by Crippen LogP contribution is 2.42. The predicted octanol–water partition coefficient (Wildman–Crippen LogP) is 7.68.